The van der Waals surface area contributed by atoms with Crippen molar-refractivity contribution in [3.8, 4) is 11.4 Å². The van der Waals surface area contributed by atoms with Crippen molar-refractivity contribution in [1.82, 2.24) is 19.3 Å². The van der Waals surface area contributed by atoms with Crippen LogP contribution in [0.15, 0.2) is 63.3 Å². The molecule has 1 N–H and O–H groups in total. The van der Waals surface area contributed by atoms with Crippen molar-refractivity contribution in [1.29, 1.82) is 0 Å². The Kier molecular flexibility index (Phi) is 5.33. The number of sulfonamides is 1. The Balaban J connectivity index is 1.50. The molecule has 0 amide bonds. The standard InChI is InChI=1S/C19H17BrN4O2S2/c1-13-4-2-3-5-17(13)18-22-19-24(23-18)15(12-27-19)10-11-21-28(25,26)16-8-6-14(20)7-9-16/h2-9,12,21H,10-11H2,1H3. The third-order valence-electron chi connectivity index (χ3n) is 4.33. The second kappa shape index (κ2) is 7.75. The molecule has 0 bridgehead atoms. The van der Waals surface area contributed by atoms with Crippen LogP contribution in [0.4, 0.5) is 0 Å². The first kappa shape index (κ1) is 19.3. The molecule has 2 aromatic heterocycles. The average Bonchev–Trinajstić information content (AvgIpc) is 3.24. The molecule has 2 aromatic carbocycles. The maximum atomic E-state index is 12.4. The summed E-state index contributed by atoms with van der Waals surface area (Å²) in [6.07, 6.45) is 0.520. The number of rotatable bonds is 6. The van der Waals surface area contributed by atoms with E-state index in [4.69, 9.17) is 0 Å². The Hall–Kier alpha value is -2.07. The third kappa shape index (κ3) is 3.88. The number of nitrogens with one attached hydrogen (secondary N) is 1. The zero-order chi connectivity index (χ0) is 19.7. The highest BCUT2D eigenvalue weighted by Gasteiger charge is 2.15. The van der Waals surface area contributed by atoms with E-state index in [1.54, 1.807) is 28.8 Å². The van der Waals surface area contributed by atoms with Crippen LogP contribution in [0.25, 0.3) is 16.3 Å². The highest BCUT2D eigenvalue weighted by atomic mass is 79.9. The quantitative estimate of drug-likeness (QED) is 0.455. The zero-order valence-corrected chi connectivity index (χ0v) is 18.2. The predicted molar refractivity (Wildman–Crippen MR) is 114 cm³/mol. The lowest BCUT2D eigenvalue weighted by atomic mass is 10.1. The molecule has 2 heterocycles. The highest BCUT2D eigenvalue weighted by Crippen LogP contribution is 2.23. The number of hydrogen-bond acceptors (Lipinski definition) is 5. The lowest BCUT2D eigenvalue weighted by Crippen LogP contribution is -2.26. The van der Waals surface area contributed by atoms with E-state index in [1.807, 2.05) is 36.6 Å². The number of aryl methyl sites for hydroxylation is 1. The van der Waals surface area contributed by atoms with Gasteiger partial charge in [0.2, 0.25) is 15.0 Å². The summed E-state index contributed by atoms with van der Waals surface area (Å²) >= 11 is 4.81. The van der Waals surface area contributed by atoms with Gasteiger partial charge in [-0.2, -0.15) is 4.98 Å². The molecule has 0 unspecified atom stereocenters. The molecule has 4 rings (SSSR count). The van der Waals surface area contributed by atoms with Gasteiger partial charge >= 0.3 is 0 Å². The first-order valence-corrected chi connectivity index (χ1v) is 11.7. The molecule has 9 heteroatoms. The van der Waals surface area contributed by atoms with Crippen molar-refractivity contribution in [2.45, 2.75) is 18.2 Å². The van der Waals surface area contributed by atoms with Gasteiger partial charge in [0.15, 0.2) is 5.82 Å². The molecule has 0 aliphatic carbocycles. The van der Waals surface area contributed by atoms with Gasteiger partial charge in [-0.15, -0.1) is 16.4 Å². The number of aromatic nitrogens is 3. The fourth-order valence-corrected chi connectivity index (χ4v) is 5.00. The molecule has 4 aromatic rings. The first-order valence-electron chi connectivity index (χ1n) is 8.58. The van der Waals surface area contributed by atoms with E-state index in [-0.39, 0.29) is 11.4 Å². The molecular formula is C19H17BrN4O2S2. The van der Waals surface area contributed by atoms with Crippen molar-refractivity contribution < 1.29 is 8.42 Å². The summed E-state index contributed by atoms with van der Waals surface area (Å²) in [5.41, 5.74) is 3.04. The van der Waals surface area contributed by atoms with Gasteiger partial charge in [0, 0.05) is 28.4 Å². The molecule has 0 saturated heterocycles. The molecule has 28 heavy (non-hydrogen) atoms. The van der Waals surface area contributed by atoms with E-state index in [0.717, 1.165) is 26.3 Å². The van der Waals surface area contributed by atoms with Crippen LogP contribution < -0.4 is 4.72 Å². The van der Waals surface area contributed by atoms with Crippen molar-refractivity contribution in [3.63, 3.8) is 0 Å². The summed E-state index contributed by atoms with van der Waals surface area (Å²) < 4.78 is 30.1. The molecule has 144 valence electrons. The zero-order valence-electron chi connectivity index (χ0n) is 15.0. The van der Waals surface area contributed by atoms with Crippen molar-refractivity contribution in [2.24, 2.45) is 0 Å². The number of fused-ring (bicyclic) bond motifs is 1. The van der Waals surface area contributed by atoms with Crippen LogP contribution in [-0.2, 0) is 16.4 Å². The minimum Gasteiger partial charge on any atom is -0.211 e. The second-order valence-electron chi connectivity index (χ2n) is 6.27. The highest BCUT2D eigenvalue weighted by molar-refractivity contribution is 9.10. The largest absolute Gasteiger partial charge is 0.240 e. The fourth-order valence-electron chi connectivity index (χ4n) is 2.85. The van der Waals surface area contributed by atoms with Gasteiger partial charge in [0.05, 0.1) is 10.6 Å². The summed E-state index contributed by atoms with van der Waals surface area (Å²) in [5, 5.41) is 6.58. The minimum atomic E-state index is -3.54. The SMILES string of the molecule is Cc1ccccc1-c1nc2scc(CCNS(=O)(=O)c3ccc(Br)cc3)n2n1. The first-order chi connectivity index (χ1) is 13.4. The Morgan fingerprint density at radius 1 is 1.14 bits per heavy atom. The van der Waals surface area contributed by atoms with Gasteiger partial charge in [-0.1, -0.05) is 40.2 Å². The molecule has 0 saturated carbocycles. The molecular weight excluding hydrogens is 460 g/mol. The summed E-state index contributed by atoms with van der Waals surface area (Å²) in [4.78, 5) is 5.64. The van der Waals surface area contributed by atoms with Crippen LogP contribution in [-0.4, -0.2) is 29.6 Å². The lowest BCUT2D eigenvalue weighted by Gasteiger charge is -2.06. The average molecular weight is 477 g/mol. The summed E-state index contributed by atoms with van der Waals surface area (Å²) in [6.45, 7) is 2.31. The number of hydrogen-bond donors (Lipinski definition) is 1. The van der Waals surface area contributed by atoms with Crippen LogP contribution in [0.3, 0.4) is 0 Å². The molecule has 0 aliphatic heterocycles. The number of thiazole rings is 1. The Labute approximate surface area is 175 Å². The van der Waals surface area contributed by atoms with Crippen LogP contribution >= 0.6 is 27.3 Å². The second-order valence-corrected chi connectivity index (χ2v) is 9.79. The van der Waals surface area contributed by atoms with Crippen LogP contribution in [0.2, 0.25) is 0 Å². The summed E-state index contributed by atoms with van der Waals surface area (Å²) in [6, 6.07) is 14.5. The number of benzene rings is 2. The Morgan fingerprint density at radius 3 is 2.64 bits per heavy atom. The minimum absolute atomic E-state index is 0.244. The van der Waals surface area contributed by atoms with Crippen LogP contribution in [0.5, 0.6) is 0 Å². The fraction of sp³-hybridized carbons (Fsp3) is 0.158. The van der Waals surface area contributed by atoms with Gasteiger partial charge < -0.3 is 0 Å². The van der Waals surface area contributed by atoms with Gasteiger partial charge in [-0.3, -0.25) is 0 Å². The molecule has 0 spiro atoms. The molecule has 0 aliphatic rings. The Bertz CT molecular complexity index is 1230. The van der Waals surface area contributed by atoms with Crippen molar-refractivity contribution in [3.05, 3.63) is 69.6 Å². The molecule has 0 atom stereocenters. The van der Waals surface area contributed by atoms with E-state index >= 15 is 0 Å². The van der Waals surface area contributed by atoms with Gasteiger partial charge in [-0.05, 0) is 36.8 Å². The molecule has 0 fully saturated rings. The lowest BCUT2D eigenvalue weighted by molar-refractivity contribution is 0.581. The van der Waals surface area contributed by atoms with Crippen molar-refractivity contribution in [2.75, 3.05) is 6.54 Å². The van der Waals surface area contributed by atoms with Crippen LogP contribution in [0.1, 0.15) is 11.3 Å². The van der Waals surface area contributed by atoms with Crippen LogP contribution in [0, 0.1) is 6.92 Å². The third-order valence-corrected chi connectivity index (χ3v) is 7.20. The van der Waals surface area contributed by atoms with Gasteiger partial charge in [0.25, 0.3) is 0 Å². The number of nitrogens with zero attached hydrogens (tertiary/aromatic N) is 3. The predicted octanol–water partition coefficient (Wildman–Crippen LogP) is 4.05. The monoisotopic (exact) mass is 476 g/mol. The van der Waals surface area contributed by atoms with E-state index in [2.05, 4.69) is 30.7 Å². The Morgan fingerprint density at radius 2 is 1.89 bits per heavy atom. The molecule has 6 nitrogen and oxygen atoms in total. The van der Waals surface area contributed by atoms with E-state index in [0.29, 0.717) is 12.2 Å². The van der Waals surface area contributed by atoms with Crippen molar-refractivity contribution >= 4 is 42.3 Å². The van der Waals surface area contributed by atoms with E-state index < -0.39 is 10.0 Å². The molecule has 0 radical (unpaired) electrons. The van der Waals surface area contributed by atoms with E-state index in [1.165, 1.54) is 11.3 Å². The smallest absolute Gasteiger partial charge is 0.211 e. The van der Waals surface area contributed by atoms with Gasteiger partial charge in [0.1, 0.15) is 0 Å². The van der Waals surface area contributed by atoms with Gasteiger partial charge in [-0.25, -0.2) is 17.7 Å². The van der Waals surface area contributed by atoms with E-state index in [9.17, 15) is 8.42 Å². The normalized spacial score (nSPS) is 11.9. The maximum absolute atomic E-state index is 12.4. The maximum Gasteiger partial charge on any atom is 0.240 e. The summed E-state index contributed by atoms with van der Waals surface area (Å²) in [5.74, 6) is 0.682. The summed E-state index contributed by atoms with van der Waals surface area (Å²) in [7, 11) is -3.54. The topological polar surface area (TPSA) is 76.4 Å². The number of halogens is 1.